The summed E-state index contributed by atoms with van der Waals surface area (Å²) in [6, 6.07) is 1.89. The molecule has 0 amide bonds. The van der Waals surface area contributed by atoms with Gasteiger partial charge in [-0.3, -0.25) is 0 Å². The summed E-state index contributed by atoms with van der Waals surface area (Å²) in [5, 5.41) is 7.51. The second kappa shape index (κ2) is 5.63. The molecule has 2 aromatic heterocycles. The van der Waals surface area contributed by atoms with Crippen LogP contribution in [-0.2, 0) is 0 Å². The van der Waals surface area contributed by atoms with Crippen LogP contribution in [0.1, 0.15) is 29.5 Å². The Morgan fingerprint density at radius 1 is 1.42 bits per heavy atom. The lowest BCUT2D eigenvalue weighted by Gasteiger charge is -2.21. The third-order valence-corrected chi connectivity index (χ3v) is 4.02. The lowest BCUT2D eigenvalue weighted by Crippen LogP contribution is -2.29. The summed E-state index contributed by atoms with van der Waals surface area (Å²) < 4.78 is 0. The van der Waals surface area contributed by atoms with Crippen molar-refractivity contribution in [1.82, 2.24) is 20.3 Å². The number of hydrogen-bond acceptors (Lipinski definition) is 6. The van der Waals surface area contributed by atoms with Crippen LogP contribution in [0, 0.1) is 6.92 Å². The van der Waals surface area contributed by atoms with Gasteiger partial charge in [-0.05, 0) is 32.4 Å². The van der Waals surface area contributed by atoms with E-state index in [1.165, 1.54) is 11.3 Å². The molecule has 1 saturated heterocycles. The maximum Gasteiger partial charge on any atom is 0.188 e. The van der Waals surface area contributed by atoms with Gasteiger partial charge in [-0.1, -0.05) is 0 Å². The molecule has 19 heavy (non-hydrogen) atoms. The standard InChI is InChI=1S/C13H17N5S/c1-9-7-16-13(19-9)18-11-4-6-15-12(17-11)10-3-2-5-14-8-10/h4,6-7,10,14H,2-3,5,8H2,1H3,(H,15,16,17,18). The second-order valence-corrected chi connectivity index (χ2v) is 5.98. The Morgan fingerprint density at radius 2 is 2.37 bits per heavy atom. The summed E-state index contributed by atoms with van der Waals surface area (Å²) in [5.74, 6) is 2.17. The fourth-order valence-corrected chi connectivity index (χ4v) is 2.91. The Balaban J connectivity index is 1.75. The Hall–Kier alpha value is -1.53. The Bertz CT molecular complexity index is 547. The molecule has 1 aliphatic heterocycles. The molecule has 0 saturated carbocycles. The van der Waals surface area contributed by atoms with Crippen LogP contribution in [0.25, 0.3) is 0 Å². The minimum atomic E-state index is 0.425. The molecule has 0 radical (unpaired) electrons. The first-order chi connectivity index (χ1) is 9.31. The van der Waals surface area contributed by atoms with Crippen molar-refractivity contribution in [1.29, 1.82) is 0 Å². The molecule has 100 valence electrons. The van der Waals surface area contributed by atoms with Gasteiger partial charge in [-0.2, -0.15) is 0 Å². The van der Waals surface area contributed by atoms with Gasteiger partial charge in [-0.15, -0.1) is 11.3 Å². The van der Waals surface area contributed by atoms with Crippen molar-refractivity contribution in [3.8, 4) is 0 Å². The lowest BCUT2D eigenvalue weighted by molar-refractivity contribution is 0.447. The molecular weight excluding hydrogens is 258 g/mol. The molecular formula is C13H17N5S. The van der Waals surface area contributed by atoms with Crippen LogP contribution in [0.15, 0.2) is 18.5 Å². The smallest absolute Gasteiger partial charge is 0.188 e. The van der Waals surface area contributed by atoms with Gasteiger partial charge >= 0.3 is 0 Å². The Labute approximate surface area is 116 Å². The predicted octanol–water partition coefficient (Wildman–Crippen LogP) is 2.45. The van der Waals surface area contributed by atoms with Crippen molar-refractivity contribution >= 4 is 22.3 Å². The average Bonchev–Trinajstić information content (AvgIpc) is 2.85. The first-order valence-corrected chi connectivity index (χ1v) is 7.36. The summed E-state index contributed by atoms with van der Waals surface area (Å²) in [7, 11) is 0. The average molecular weight is 275 g/mol. The van der Waals surface area contributed by atoms with Gasteiger partial charge in [0.05, 0.1) is 0 Å². The Morgan fingerprint density at radius 3 is 3.11 bits per heavy atom. The van der Waals surface area contributed by atoms with E-state index in [4.69, 9.17) is 0 Å². The van der Waals surface area contributed by atoms with Gasteiger partial charge in [-0.25, -0.2) is 15.0 Å². The highest BCUT2D eigenvalue weighted by Gasteiger charge is 2.18. The third kappa shape index (κ3) is 3.08. The molecule has 0 aliphatic carbocycles. The largest absolute Gasteiger partial charge is 0.316 e. The molecule has 2 aromatic rings. The van der Waals surface area contributed by atoms with Gasteiger partial charge < -0.3 is 10.6 Å². The first kappa shape index (κ1) is 12.5. The number of thiazole rings is 1. The van der Waals surface area contributed by atoms with Crippen molar-refractivity contribution in [2.75, 3.05) is 18.4 Å². The zero-order valence-electron chi connectivity index (χ0n) is 10.9. The van der Waals surface area contributed by atoms with E-state index in [0.29, 0.717) is 5.92 Å². The van der Waals surface area contributed by atoms with Gasteiger partial charge in [0.25, 0.3) is 0 Å². The van der Waals surface area contributed by atoms with Crippen LogP contribution in [0.4, 0.5) is 10.9 Å². The number of rotatable bonds is 3. The number of aryl methyl sites for hydroxylation is 1. The molecule has 0 bridgehead atoms. The number of hydrogen-bond donors (Lipinski definition) is 2. The fraction of sp³-hybridized carbons (Fsp3) is 0.462. The molecule has 3 heterocycles. The van der Waals surface area contributed by atoms with E-state index < -0.39 is 0 Å². The summed E-state index contributed by atoms with van der Waals surface area (Å²) in [5.41, 5.74) is 0. The molecule has 1 aliphatic rings. The van der Waals surface area contributed by atoms with E-state index in [9.17, 15) is 0 Å². The summed E-state index contributed by atoms with van der Waals surface area (Å²) >= 11 is 1.63. The van der Waals surface area contributed by atoms with E-state index in [2.05, 4.69) is 25.6 Å². The van der Waals surface area contributed by atoms with Crippen LogP contribution in [0.3, 0.4) is 0 Å². The topological polar surface area (TPSA) is 62.7 Å². The number of nitrogens with zero attached hydrogens (tertiary/aromatic N) is 3. The van der Waals surface area contributed by atoms with E-state index in [-0.39, 0.29) is 0 Å². The van der Waals surface area contributed by atoms with E-state index >= 15 is 0 Å². The minimum absolute atomic E-state index is 0.425. The molecule has 2 N–H and O–H groups in total. The molecule has 1 unspecified atom stereocenters. The van der Waals surface area contributed by atoms with Crippen LogP contribution in [0.5, 0.6) is 0 Å². The van der Waals surface area contributed by atoms with Gasteiger partial charge in [0.15, 0.2) is 5.13 Å². The summed E-state index contributed by atoms with van der Waals surface area (Å²) in [6.07, 6.45) is 6.03. The van der Waals surface area contributed by atoms with Gasteiger partial charge in [0.1, 0.15) is 11.6 Å². The number of aromatic nitrogens is 3. The van der Waals surface area contributed by atoms with Crippen LogP contribution in [-0.4, -0.2) is 28.0 Å². The maximum atomic E-state index is 4.61. The van der Waals surface area contributed by atoms with Crippen LogP contribution >= 0.6 is 11.3 Å². The van der Waals surface area contributed by atoms with Crippen molar-refractivity contribution < 1.29 is 0 Å². The quantitative estimate of drug-likeness (QED) is 0.901. The highest BCUT2D eigenvalue weighted by Crippen LogP contribution is 2.23. The Kier molecular flexibility index (Phi) is 3.70. The molecule has 1 fully saturated rings. The van der Waals surface area contributed by atoms with E-state index in [1.54, 1.807) is 11.3 Å². The lowest BCUT2D eigenvalue weighted by atomic mass is 9.99. The molecule has 3 rings (SSSR count). The normalized spacial score (nSPS) is 19.3. The predicted molar refractivity (Wildman–Crippen MR) is 77.0 cm³/mol. The van der Waals surface area contributed by atoms with Crippen LogP contribution in [0.2, 0.25) is 0 Å². The summed E-state index contributed by atoms with van der Waals surface area (Å²) in [6.45, 7) is 4.12. The number of nitrogens with one attached hydrogen (secondary N) is 2. The minimum Gasteiger partial charge on any atom is -0.316 e. The zero-order chi connectivity index (χ0) is 13.1. The number of piperidine rings is 1. The highest BCUT2D eigenvalue weighted by atomic mass is 32.1. The third-order valence-electron chi connectivity index (χ3n) is 3.19. The molecule has 0 aromatic carbocycles. The van der Waals surface area contributed by atoms with E-state index in [0.717, 1.165) is 36.3 Å². The fourth-order valence-electron chi connectivity index (χ4n) is 2.23. The molecule has 1 atom stereocenters. The summed E-state index contributed by atoms with van der Waals surface area (Å²) in [4.78, 5) is 14.5. The van der Waals surface area contributed by atoms with E-state index in [1.807, 2.05) is 25.4 Å². The second-order valence-electron chi connectivity index (χ2n) is 4.74. The highest BCUT2D eigenvalue weighted by molar-refractivity contribution is 7.15. The van der Waals surface area contributed by atoms with Gasteiger partial charge in [0.2, 0.25) is 0 Å². The number of anilines is 2. The van der Waals surface area contributed by atoms with Crippen molar-refractivity contribution in [3.05, 3.63) is 29.2 Å². The van der Waals surface area contributed by atoms with Gasteiger partial charge in [0, 0.05) is 29.7 Å². The maximum absolute atomic E-state index is 4.61. The monoisotopic (exact) mass is 275 g/mol. The molecule has 5 nitrogen and oxygen atoms in total. The first-order valence-electron chi connectivity index (χ1n) is 6.54. The molecule has 6 heteroatoms. The van der Waals surface area contributed by atoms with Crippen LogP contribution < -0.4 is 10.6 Å². The van der Waals surface area contributed by atoms with Crippen molar-refractivity contribution in [2.45, 2.75) is 25.7 Å². The zero-order valence-corrected chi connectivity index (χ0v) is 11.7. The van der Waals surface area contributed by atoms with Crippen molar-refractivity contribution in [2.24, 2.45) is 0 Å². The molecule has 0 spiro atoms. The SMILES string of the molecule is Cc1cnc(Nc2ccnc(C3CCCNC3)n2)s1. The van der Waals surface area contributed by atoms with Crippen molar-refractivity contribution in [3.63, 3.8) is 0 Å².